The first kappa shape index (κ1) is 12.3. The van der Waals surface area contributed by atoms with Gasteiger partial charge in [0.05, 0.1) is 11.8 Å². The van der Waals surface area contributed by atoms with E-state index in [0.29, 0.717) is 17.1 Å². The summed E-state index contributed by atoms with van der Waals surface area (Å²) >= 11 is 0. The van der Waals surface area contributed by atoms with Crippen molar-refractivity contribution in [2.45, 2.75) is 26.2 Å². The lowest BCUT2D eigenvalue weighted by Crippen LogP contribution is -2.15. The predicted octanol–water partition coefficient (Wildman–Crippen LogP) is 3.33. The predicted molar refractivity (Wildman–Crippen MR) is 67.4 cm³/mol. The fourth-order valence-corrected chi connectivity index (χ4v) is 1.73. The molecule has 0 amide bonds. The quantitative estimate of drug-likeness (QED) is 0.879. The van der Waals surface area contributed by atoms with E-state index in [4.69, 9.17) is 5.26 Å². The van der Waals surface area contributed by atoms with Gasteiger partial charge in [-0.05, 0) is 32.9 Å². The molecule has 0 radical (unpaired) electrons. The highest BCUT2D eigenvalue weighted by Crippen LogP contribution is 2.26. The van der Waals surface area contributed by atoms with E-state index in [2.05, 4.69) is 16.0 Å². The van der Waals surface area contributed by atoms with E-state index in [9.17, 15) is 4.39 Å². The van der Waals surface area contributed by atoms with Gasteiger partial charge in [0.15, 0.2) is 0 Å². The summed E-state index contributed by atoms with van der Waals surface area (Å²) in [7, 11) is 0. The topological polar surface area (TPSA) is 52.5 Å². The van der Waals surface area contributed by atoms with Gasteiger partial charge in [0.1, 0.15) is 17.1 Å². The summed E-state index contributed by atoms with van der Waals surface area (Å²) in [6.45, 7) is 5.45. The van der Waals surface area contributed by atoms with Crippen molar-refractivity contribution < 1.29 is 4.39 Å². The third-order valence-electron chi connectivity index (χ3n) is 2.85. The molecule has 18 heavy (non-hydrogen) atoms. The smallest absolute Gasteiger partial charge is 0.126 e. The number of nitriles is 1. The molecule has 0 bridgehead atoms. The molecule has 2 rings (SSSR count). The van der Waals surface area contributed by atoms with Gasteiger partial charge in [-0.1, -0.05) is 12.1 Å². The van der Waals surface area contributed by atoms with Crippen molar-refractivity contribution in [3.8, 4) is 17.3 Å². The Morgan fingerprint density at radius 3 is 2.72 bits per heavy atom. The molecule has 4 heteroatoms. The van der Waals surface area contributed by atoms with Crippen LogP contribution in [0.4, 0.5) is 4.39 Å². The van der Waals surface area contributed by atoms with E-state index >= 15 is 0 Å². The van der Waals surface area contributed by atoms with Gasteiger partial charge in [0, 0.05) is 11.3 Å². The molecule has 0 saturated carbocycles. The molecule has 0 saturated heterocycles. The second-order valence-corrected chi connectivity index (χ2v) is 4.81. The summed E-state index contributed by atoms with van der Waals surface area (Å²) in [6, 6.07) is 8.47. The number of nitrogens with one attached hydrogen (secondary N) is 1. The first-order chi connectivity index (χ1) is 8.44. The Hall–Kier alpha value is -2.15. The zero-order valence-electron chi connectivity index (χ0n) is 10.6. The summed E-state index contributed by atoms with van der Waals surface area (Å²) in [5.41, 5.74) is 1.55. The first-order valence-electron chi connectivity index (χ1n) is 5.68. The lowest BCUT2D eigenvalue weighted by Gasteiger charge is -2.10. The standard InChI is InChI=1S/C14H14FN3/c1-9-12(10-5-4-6-11(15)7-10)18-13(17-9)14(2,3)8-16/h4-7H,1-3H3,(H,17,18). The maximum atomic E-state index is 13.2. The number of aryl methyl sites for hydroxylation is 1. The fraction of sp³-hybridized carbons (Fsp3) is 0.286. The highest BCUT2D eigenvalue weighted by Gasteiger charge is 2.25. The molecule has 0 unspecified atom stereocenters. The molecule has 0 atom stereocenters. The number of nitrogens with zero attached hydrogens (tertiary/aromatic N) is 2. The second-order valence-electron chi connectivity index (χ2n) is 4.81. The van der Waals surface area contributed by atoms with Gasteiger partial charge in [0.25, 0.3) is 0 Å². The highest BCUT2D eigenvalue weighted by molar-refractivity contribution is 5.62. The molecule has 92 valence electrons. The van der Waals surface area contributed by atoms with Crippen molar-refractivity contribution in [2.75, 3.05) is 0 Å². The molecule has 1 aromatic carbocycles. The number of aromatic nitrogens is 2. The van der Waals surface area contributed by atoms with Gasteiger partial charge in [-0.2, -0.15) is 5.26 Å². The maximum absolute atomic E-state index is 13.2. The van der Waals surface area contributed by atoms with Crippen LogP contribution in [-0.4, -0.2) is 9.97 Å². The van der Waals surface area contributed by atoms with Crippen LogP contribution >= 0.6 is 0 Å². The minimum atomic E-state index is -0.684. The number of hydrogen-bond donors (Lipinski definition) is 1. The van der Waals surface area contributed by atoms with Crippen LogP contribution in [0.3, 0.4) is 0 Å². The number of aromatic amines is 1. The van der Waals surface area contributed by atoms with Gasteiger partial charge in [-0.15, -0.1) is 0 Å². The van der Waals surface area contributed by atoms with Crippen LogP contribution in [0.1, 0.15) is 25.4 Å². The van der Waals surface area contributed by atoms with Crippen molar-refractivity contribution >= 4 is 0 Å². The maximum Gasteiger partial charge on any atom is 0.126 e. The second kappa shape index (κ2) is 4.26. The Balaban J connectivity index is 2.52. The van der Waals surface area contributed by atoms with E-state index in [1.165, 1.54) is 12.1 Å². The van der Waals surface area contributed by atoms with E-state index in [-0.39, 0.29) is 5.82 Å². The summed E-state index contributed by atoms with van der Waals surface area (Å²) < 4.78 is 13.2. The molecule has 1 heterocycles. The number of rotatable bonds is 2. The van der Waals surface area contributed by atoms with Crippen molar-refractivity contribution in [1.82, 2.24) is 9.97 Å². The molecule has 0 spiro atoms. The molecule has 0 fully saturated rings. The average Bonchev–Trinajstić information content (AvgIpc) is 2.72. The minimum Gasteiger partial charge on any atom is -0.344 e. The van der Waals surface area contributed by atoms with Crippen LogP contribution < -0.4 is 0 Å². The Morgan fingerprint density at radius 2 is 2.11 bits per heavy atom. The molecule has 1 aromatic heterocycles. The van der Waals surface area contributed by atoms with Crippen LogP contribution in [0.5, 0.6) is 0 Å². The molecule has 0 aliphatic carbocycles. The summed E-state index contributed by atoms with van der Waals surface area (Å²) in [6.07, 6.45) is 0. The molecular formula is C14H14FN3. The number of benzene rings is 1. The Bertz CT molecular complexity index is 620. The van der Waals surface area contributed by atoms with Gasteiger partial charge >= 0.3 is 0 Å². The molecule has 0 aliphatic rings. The van der Waals surface area contributed by atoms with Gasteiger partial charge in [-0.3, -0.25) is 0 Å². The molecule has 3 nitrogen and oxygen atoms in total. The zero-order valence-corrected chi connectivity index (χ0v) is 10.6. The van der Waals surface area contributed by atoms with Crippen LogP contribution in [0.15, 0.2) is 24.3 Å². The Morgan fingerprint density at radius 1 is 1.39 bits per heavy atom. The lowest BCUT2D eigenvalue weighted by atomic mass is 9.95. The molecule has 1 N–H and O–H groups in total. The molecule has 2 aromatic rings. The van der Waals surface area contributed by atoms with E-state index in [0.717, 1.165) is 5.69 Å². The van der Waals surface area contributed by atoms with Crippen molar-refractivity contribution in [3.63, 3.8) is 0 Å². The SMILES string of the molecule is Cc1[nH]c(C(C)(C)C#N)nc1-c1cccc(F)c1. The summed E-state index contributed by atoms with van der Waals surface area (Å²) in [5, 5.41) is 9.09. The number of imidazole rings is 1. The Kier molecular flexibility index (Phi) is 2.92. The normalized spacial score (nSPS) is 11.3. The Labute approximate surface area is 105 Å². The average molecular weight is 243 g/mol. The van der Waals surface area contributed by atoms with Crippen molar-refractivity contribution in [1.29, 1.82) is 5.26 Å². The van der Waals surface area contributed by atoms with E-state index in [1.807, 2.05) is 6.92 Å². The third-order valence-corrected chi connectivity index (χ3v) is 2.85. The van der Waals surface area contributed by atoms with Crippen molar-refractivity contribution in [2.24, 2.45) is 0 Å². The lowest BCUT2D eigenvalue weighted by molar-refractivity contribution is 0.628. The molecular weight excluding hydrogens is 229 g/mol. The first-order valence-corrected chi connectivity index (χ1v) is 5.68. The molecule has 0 aliphatic heterocycles. The van der Waals surface area contributed by atoms with Crippen LogP contribution in [0.2, 0.25) is 0 Å². The van der Waals surface area contributed by atoms with Gasteiger partial charge in [0.2, 0.25) is 0 Å². The minimum absolute atomic E-state index is 0.295. The van der Waals surface area contributed by atoms with Crippen LogP contribution in [0, 0.1) is 24.1 Å². The van der Waals surface area contributed by atoms with Gasteiger partial charge in [-0.25, -0.2) is 9.37 Å². The summed E-state index contributed by atoms with van der Waals surface area (Å²) in [5.74, 6) is 0.303. The zero-order chi connectivity index (χ0) is 13.3. The number of hydrogen-bond acceptors (Lipinski definition) is 2. The number of halogens is 1. The van der Waals surface area contributed by atoms with Crippen LogP contribution in [0.25, 0.3) is 11.3 Å². The monoisotopic (exact) mass is 243 g/mol. The largest absolute Gasteiger partial charge is 0.344 e. The number of H-pyrrole nitrogens is 1. The van der Waals surface area contributed by atoms with E-state index in [1.54, 1.807) is 26.0 Å². The fourth-order valence-electron chi connectivity index (χ4n) is 1.73. The highest BCUT2D eigenvalue weighted by atomic mass is 19.1. The van der Waals surface area contributed by atoms with Crippen molar-refractivity contribution in [3.05, 3.63) is 41.6 Å². The third kappa shape index (κ3) is 2.12. The summed E-state index contributed by atoms with van der Waals surface area (Å²) in [4.78, 5) is 7.52. The van der Waals surface area contributed by atoms with Gasteiger partial charge < -0.3 is 4.98 Å². The van der Waals surface area contributed by atoms with Crippen LogP contribution in [-0.2, 0) is 5.41 Å². The van der Waals surface area contributed by atoms with E-state index < -0.39 is 5.41 Å².